The molecule has 0 bridgehead atoms. The van der Waals surface area contributed by atoms with Crippen LogP contribution in [0.4, 0.5) is 5.69 Å². The van der Waals surface area contributed by atoms with E-state index in [4.69, 9.17) is 0 Å². The predicted octanol–water partition coefficient (Wildman–Crippen LogP) is 2.52. The molecule has 4 heteroatoms. The van der Waals surface area contributed by atoms with Crippen LogP contribution in [0.3, 0.4) is 0 Å². The minimum atomic E-state index is -0.232. The van der Waals surface area contributed by atoms with Crippen molar-refractivity contribution in [3.8, 4) is 0 Å². The number of benzene rings is 2. The summed E-state index contributed by atoms with van der Waals surface area (Å²) in [6, 6.07) is 9.48. The van der Waals surface area contributed by atoms with Crippen molar-refractivity contribution in [2.45, 2.75) is 6.92 Å². The molecule has 2 amide bonds. The third-order valence-corrected chi connectivity index (χ3v) is 3.95. The lowest BCUT2D eigenvalue weighted by Crippen LogP contribution is -2.37. The summed E-state index contributed by atoms with van der Waals surface area (Å²) in [7, 11) is 3.52. The Morgan fingerprint density at radius 2 is 1.80 bits per heavy atom. The van der Waals surface area contributed by atoms with Gasteiger partial charge in [-0.05, 0) is 30.5 Å². The van der Waals surface area contributed by atoms with Crippen LogP contribution in [0.2, 0.25) is 0 Å². The number of hydrogen-bond donors (Lipinski definition) is 0. The van der Waals surface area contributed by atoms with E-state index in [1.165, 1.54) is 11.9 Å². The summed E-state index contributed by atoms with van der Waals surface area (Å²) in [5.74, 6) is -0.463. The second-order valence-electron chi connectivity index (χ2n) is 5.08. The Bertz CT molecular complexity index is 737. The lowest BCUT2D eigenvalue weighted by Gasteiger charge is -2.26. The van der Waals surface area contributed by atoms with Crippen LogP contribution in [0.5, 0.6) is 0 Å². The van der Waals surface area contributed by atoms with Gasteiger partial charge in [0.2, 0.25) is 0 Å². The summed E-state index contributed by atoms with van der Waals surface area (Å²) in [5, 5.41) is 1.71. The maximum absolute atomic E-state index is 12.4. The minimum absolute atomic E-state index is 0.231. The van der Waals surface area contributed by atoms with Crippen LogP contribution >= 0.6 is 0 Å². The molecule has 0 radical (unpaired) electrons. The summed E-state index contributed by atoms with van der Waals surface area (Å²) in [5.41, 5.74) is 2.20. The molecule has 0 unspecified atom stereocenters. The second-order valence-corrected chi connectivity index (χ2v) is 5.08. The van der Waals surface area contributed by atoms with Crippen LogP contribution in [0, 0.1) is 0 Å². The molecule has 0 N–H and O–H groups in total. The van der Waals surface area contributed by atoms with E-state index in [2.05, 4.69) is 11.8 Å². The first-order chi connectivity index (χ1) is 9.54. The average Bonchev–Trinajstić information content (AvgIpc) is 2.48. The molecule has 1 heterocycles. The molecule has 102 valence electrons. The molecule has 0 atom stereocenters. The first kappa shape index (κ1) is 12.7. The van der Waals surface area contributed by atoms with Gasteiger partial charge in [0, 0.05) is 37.3 Å². The number of carbonyl (C=O) groups is 2. The van der Waals surface area contributed by atoms with E-state index in [0.717, 1.165) is 23.0 Å². The van der Waals surface area contributed by atoms with E-state index >= 15 is 0 Å². The molecular formula is C16H16N2O2. The monoisotopic (exact) mass is 268 g/mol. The molecule has 4 nitrogen and oxygen atoms in total. The molecule has 20 heavy (non-hydrogen) atoms. The summed E-state index contributed by atoms with van der Waals surface area (Å²) < 4.78 is 0. The number of imide groups is 1. The van der Waals surface area contributed by atoms with Gasteiger partial charge in [0.1, 0.15) is 0 Å². The molecule has 3 rings (SSSR count). The van der Waals surface area contributed by atoms with Gasteiger partial charge in [-0.1, -0.05) is 12.1 Å². The molecule has 1 aliphatic heterocycles. The Hall–Kier alpha value is -2.36. The fourth-order valence-electron chi connectivity index (χ4n) is 2.62. The highest BCUT2D eigenvalue weighted by Crippen LogP contribution is 2.33. The number of anilines is 1. The zero-order valence-corrected chi connectivity index (χ0v) is 11.8. The van der Waals surface area contributed by atoms with Gasteiger partial charge in [-0.15, -0.1) is 0 Å². The van der Waals surface area contributed by atoms with E-state index in [1.54, 1.807) is 6.07 Å². The summed E-state index contributed by atoms with van der Waals surface area (Å²) in [6.07, 6.45) is 0. The second kappa shape index (κ2) is 4.34. The molecule has 0 spiro atoms. The zero-order chi connectivity index (χ0) is 14.4. The van der Waals surface area contributed by atoms with E-state index in [0.29, 0.717) is 11.1 Å². The lowest BCUT2D eigenvalue weighted by atomic mass is 9.93. The van der Waals surface area contributed by atoms with Crippen molar-refractivity contribution in [1.29, 1.82) is 0 Å². The first-order valence-corrected chi connectivity index (χ1v) is 6.65. The Kier molecular flexibility index (Phi) is 2.74. The minimum Gasteiger partial charge on any atom is -0.375 e. The van der Waals surface area contributed by atoms with Crippen molar-refractivity contribution in [1.82, 2.24) is 4.90 Å². The smallest absolute Gasteiger partial charge is 0.261 e. The van der Waals surface area contributed by atoms with Crippen molar-refractivity contribution in [2.24, 2.45) is 0 Å². The maximum Gasteiger partial charge on any atom is 0.261 e. The molecule has 2 aromatic carbocycles. The highest BCUT2D eigenvalue weighted by molar-refractivity contribution is 6.25. The Labute approximate surface area is 117 Å². The van der Waals surface area contributed by atoms with E-state index in [1.807, 2.05) is 31.3 Å². The first-order valence-electron chi connectivity index (χ1n) is 6.65. The standard InChI is InChI=1S/C16H16N2O2/c1-4-17(2)11-8-10-6-5-7-12-14(10)13(9-11)16(20)18(3)15(12)19/h5-9H,4H2,1-3H3. The molecule has 2 aromatic rings. The van der Waals surface area contributed by atoms with Gasteiger partial charge in [-0.25, -0.2) is 0 Å². The molecular weight excluding hydrogens is 252 g/mol. The van der Waals surface area contributed by atoms with E-state index in [9.17, 15) is 9.59 Å². The van der Waals surface area contributed by atoms with Crippen molar-refractivity contribution in [3.05, 3.63) is 41.5 Å². The molecule has 0 aromatic heterocycles. The largest absolute Gasteiger partial charge is 0.375 e. The van der Waals surface area contributed by atoms with Crippen molar-refractivity contribution < 1.29 is 9.59 Å². The van der Waals surface area contributed by atoms with Crippen LogP contribution in [-0.2, 0) is 0 Å². The SMILES string of the molecule is CCN(C)c1cc2c3c(cccc3c1)C(=O)N(C)C2=O. The number of rotatable bonds is 2. The van der Waals surface area contributed by atoms with Crippen LogP contribution < -0.4 is 4.90 Å². The van der Waals surface area contributed by atoms with Crippen LogP contribution in [-0.4, -0.2) is 37.4 Å². The molecule has 0 saturated carbocycles. The Balaban J connectivity index is 2.38. The van der Waals surface area contributed by atoms with Gasteiger partial charge < -0.3 is 4.90 Å². The fourth-order valence-corrected chi connectivity index (χ4v) is 2.62. The average molecular weight is 268 g/mol. The predicted molar refractivity (Wildman–Crippen MR) is 79.3 cm³/mol. The van der Waals surface area contributed by atoms with Crippen LogP contribution in [0.1, 0.15) is 27.6 Å². The number of nitrogens with zero attached hydrogens (tertiary/aromatic N) is 2. The van der Waals surface area contributed by atoms with Crippen molar-refractivity contribution in [3.63, 3.8) is 0 Å². The van der Waals surface area contributed by atoms with E-state index < -0.39 is 0 Å². The van der Waals surface area contributed by atoms with Gasteiger partial charge >= 0.3 is 0 Å². The highest BCUT2D eigenvalue weighted by atomic mass is 16.2. The molecule has 0 aliphatic carbocycles. The highest BCUT2D eigenvalue weighted by Gasteiger charge is 2.30. The van der Waals surface area contributed by atoms with Gasteiger partial charge in [0.05, 0.1) is 5.56 Å². The summed E-state index contributed by atoms with van der Waals surface area (Å²) >= 11 is 0. The Morgan fingerprint density at radius 3 is 2.50 bits per heavy atom. The third kappa shape index (κ3) is 1.61. The maximum atomic E-state index is 12.4. The molecule has 0 fully saturated rings. The molecule has 0 saturated heterocycles. The van der Waals surface area contributed by atoms with Crippen molar-refractivity contribution >= 4 is 28.3 Å². The topological polar surface area (TPSA) is 40.6 Å². The summed E-state index contributed by atoms with van der Waals surface area (Å²) in [4.78, 5) is 27.8. The number of amides is 2. The quantitative estimate of drug-likeness (QED) is 0.786. The lowest BCUT2D eigenvalue weighted by molar-refractivity contribution is 0.0651. The fraction of sp³-hybridized carbons (Fsp3) is 0.250. The zero-order valence-electron chi connectivity index (χ0n) is 11.8. The van der Waals surface area contributed by atoms with E-state index in [-0.39, 0.29) is 11.8 Å². The van der Waals surface area contributed by atoms with Crippen molar-refractivity contribution in [2.75, 3.05) is 25.5 Å². The number of hydrogen-bond acceptors (Lipinski definition) is 3. The van der Waals surface area contributed by atoms with Gasteiger partial charge in [-0.3, -0.25) is 14.5 Å². The van der Waals surface area contributed by atoms with Gasteiger partial charge in [-0.2, -0.15) is 0 Å². The normalized spacial score (nSPS) is 14.1. The van der Waals surface area contributed by atoms with Gasteiger partial charge in [0.25, 0.3) is 11.8 Å². The van der Waals surface area contributed by atoms with Crippen LogP contribution in [0.25, 0.3) is 10.8 Å². The summed E-state index contributed by atoms with van der Waals surface area (Å²) in [6.45, 7) is 2.91. The molecule has 1 aliphatic rings. The number of carbonyl (C=O) groups excluding carboxylic acids is 2. The Morgan fingerprint density at radius 1 is 1.10 bits per heavy atom. The van der Waals surface area contributed by atoms with Gasteiger partial charge in [0.15, 0.2) is 0 Å². The third-order valence-electron chi connectivity index (χ3n) is 3.95. The van der Waals surface area contributed by atoms with Crippen LogP contribution in [0.15, 0.2) is 30.3 Å².